The topological polar surface area (TPSA) is 38.8 Å². The monoisotopic (exact) mass is 395 g/mol. The van der Waals surface area contributed by atoms with Crippen LogP contribution in [0, 0.1) is 5.82 Å². The number of carbonyl (C=O) groups excluding carboxylic acids is 1. The van der Waals surface area contributed by atoms with Gasteiger partial charge in [0.2, 0.25) is 0 Å². The molecule has 4 nitrogen and oxygen atoms in total. The third-order valence-electron chi connectivity index (χ3n) is 5.64. The number of hydrogen-bond acceptors (Lipinski definition) is 3. The molecule has 2 aromatic rings. The molecule has 2 aliphatic rings. The first kappa shape index (κ1) is 19.5. The van der Waals surface area contributed by atoms with Crippen LogP contribution < -0.4 is 4.74 Å². The number of benzene rings is 2. The van der Waals surface area contributed by atoms with Crippen LogP contribution in [-0.4, -0.2) is 29.7 Å². The van der Waals surface area contributed by atoms with E-state index in [1.54, 1.807) is 6.07 Å². The molecule has 2 unspecified atom stereocenters. The zero-order valence-corrected chi connectivity index (χ0v) is 16.6. The molecule has 2 bridgehead atoms. The molecule has 4 rings (SSSR count). The van der Waals surface area contributed by atoms with E-state index in [0.29, 0.717) is 18.8 Å². The van der Waals surface area contributed by atoms with E-state index in [2.05, 4.69) is 6.08 Å². The zero-order chi connectivity index (χ0) is 20.2. The highest BCUT2D eigenvalue weighted by Crippen LogP contribution is 2.40. The second-order valence-electron chi connectivity index (χ2n) is 7.57. The fraction of sp³-hybridized carbons (Fsp3) is 0.375. The van der Waals surface area contributed by atoms with Crippen LogP contribution in [0.25, 0.3) is 5.57 Å². The maximum Gasteiger partial charge on any atom is 0.410 e. The largest absolute Gasteiger partial charge is 0.493 e. The molecule has 2 heterocycles. The number of rotatable bonds is 5. The number of halogens is 1. The number of piperidine rings is 1. The van der Waals surface area contributed by atoms with Crippen LogP contribution in [0.3, 0.4) is 0 Å². The molecule has 1 saturated heterocycles. The van der Waals surface area contributed by atoms with Gasteiger partial charge >= 0.3 is 6.09 Å². The minimum Gasteiger partial charge on any atom is -0.493 e. The van der Waals surface area contributed by atoms with Gasteiger partial charge in [0.05, 0.1) is 12.6 Å². The molecular weight excluding hydrogens is 369 g/mol. The molecule has 1 fully saturated rings. The van der Waals surface area contributed by atoms with Crippen LogP contribution in [0.4, 0.5) is 9.18 Å². The van der Waals surface area contributed by atoms with Gasteiger partial charge in [-0.15, -0.1) is 0 Å². The van der Waals surface area contributed by atoms with Crippen molar-refractivity contribution < 1.29 is 18.7 Å². The van der Waals surface area contributed by atoms with E-state index < -0.39 is 0 Å². The van der Waals surface area contributed by atoms with E-state index in [1.165, 1.54) is 12.1 Å². The molecule has 2 aliphatic heterocycles. The van der Waals surface area contributed by atoms with Crippen LogP contribution in [0.15, 0.2) is 54.6 Å². The van der Waals surface area contributed by atoms with E-state index >= 15 is 0 Å². The highest BCUT2D eigenvalue weighted by atomic mass is 19.1. The minimum absolute atomic E-state index is 0.0292. The molecule has 1 amide bonds. The van der Waals surface area contributed by atoms with Crippen molar-refractivity contribution in [3.8, 4) is 5.75 Å². The molecule has 5 heteroatoms. The molecular formula is C24H26FNO3. The Morgan fingerprint density at radius 3 is 2.76 bits per heavy atom. The van der Waals surface area contributed by atoms with E-state index in [-0.39, 0.29) is 30.6 Å². The van der Waals surface area contributed by atoms with Gasteiger partial charge < -0.3 is 9.47 Å². The van der Waals surface area contributed by atoms with E-state index in [1.807, 2.05) is 42.2 Å². The third kappa shape index (κ3) is 4.29. The number of ether oxygens (including phenoxy) is 2. The highest BCUT2D eigenvalue weighted by molar-refractivity contribution is 5.76. The Kier molecular flexibility index (Phi) is 5.84. The molecule has 29 heavy (non-hydrogen) atoms. The fourth-order valence-electron chi connectivity index (χ4n) is 4.34. The SMILES string of the molecule is CCOc1ccc(F)cc1C1=CC2CCCC(C1)N2C(=O)OCc1ccccc1. The van der Waals surface area contributed by atoms with Gasteiger partial charge in [-0.2, -0.15) is 0 Å². The van der Waals surface area contributed by atoms with Gasteiger partial charge in [-0.25, -0.2) is 9.18 Å². The predicted octanol–water partition coefficient (Wildman–Crippen LogP) is 5.57. The summed E-state index contributed by atoms with van der Waals surface area (Å²) < 4.78 is 25.2. The van der Waals surface area contributed by atoms with Crippen LogP contribution in [0.2, 0.25) is 0 Å². The van der Waals surface area contributed by atoms with E-state index in [4.69, 9.17) is 9.47 Å². The van der Waals surface area contributed by atoms with Crippen LogP contribution in [0.5, 0.6) is 5.75 Å². The van der Waals surface area contributed by atoms with Crippen LogP contribution in [0.1, 0.15) is 43.7 Å². The van der Waals surface area contributed by atoms with Gasteiger partial charge in [-0.1, -0.05) is 36.4 Å². The van der Waals surface area contributed by atoms with Crippen molar-refractivity contribution in [2.24, 2.45) is 0 Å². The Labute approximate surface area is 170 Å². The first-order valence-corrected chi connectivity index (χ1v) is 10.3. The summed E-state index contributed by atoms with van der Waals surface area (Å²) in [4.78, 5) is 14.7. The van der Waals surface area contributed by atoms with Gasteiger partial charge in [0.1, 0.15) is 18.2 Å². The summed E-state index contributed by atoms with van der Waals surface area (Å²) in [7, 11) is 0. The molecule has 2 atom stereocenters. The number of amides is 1. The summed E-state index contributed by atoms with van der Waals surface area (Å²) in [6, 6.07) is 14.4. The molecule has 0 spiro atoms. The Morgan fingerprint density at radius 1 is 1.17 bits per heavy atom. The lowest BCUT2D eigenvalue weighted by atomic mass is 9.83. The summed E-state index contributed by atoms with van der Waals surface area (Å²) in [5.74, 6) is 0.414. The number of fused-ring (bicyclic) bond motifs is 2. The summed E-state index contributed by atoms with van der Waals surface area (Å²) in [5, 5.41) is 0. The Hall–Kier alpha value is -2.82. The lowest BCUT2D eigenvalue weighted by molar-refractivity contribution is 0.0510. The fourth-order valence-corrected chi connectivity index (χ4v) is 4.34. The van der Waals surface area contributed by atoms with Crippen molar-refractivity contribution in [3.63, 3.8) is 0 Å². The summed E-state index contributed by atoms with van der Waals surface area (Å²) >= 11 is 0. The van der Waals surface area contributed by atoms with Crippen molar-refractivity contribution in [2.45, 2.75) is 51.3 Å². The quantitative estimate of drug-likeness (QED) is 0.664. The Morgan fingerprint density at radius 2 is 2.00 bits per heavy atom. The summed E-state index contributed by atoms with van der Waals surface area (Å²) in [6.07, 6.45) is 5.39. The molecule has 0 saturated carbocycles. The number of nitrogens with zero attached hydrogens (tertiary/aromatic N) is 1. The normalized spacial score (nSPS) is 20.8. The minimum atomic E-state index is -0.279. The van der Waals surface area contributed by atoms with Gasteiger partial charge in [0.15, 0.2) is 0 Å². The number of hydrogen-bond donors (Lipinski definition) is 0. The van der Waals surface area contributed by atoms with Gasteiger partial charge in [-0.3, -0.25) is 4.90 Å². The molecule has 152 valence electrons. The second kappa shape index (κ2) is 8.68. The third-order valence-corrected chi connectivity index (χ3v) is 5.64. The lowest BCUT2D eigenvalue weighted by Gasteiger charge is -2.44. The van der Waals surface area contributed by atoms with Crippen molar-refractivity contribution in [3.05, 3.63) is 71.6 Å². The van der Waals surface area contributed by atoms with Gasteiger partial charge in [-0.05, 0) is 61.9 Å². The lowest BCUT2D eigenvalue weighted by Crippen LogP contribution is -2.51. The molecule has 2 aromatic carbocycles. The van der Waals surface area contributed by atoms with Crippen molar-refractivity contribution in [2.75, 3.05) is 6.61 Å². The van der Waals surface area contributed by atoms with Gasteiger partial charge in [0.25, 0.3) is 0 Å². The maximum atomic E-state index is 13.9. The molecule has 0 radical (unpaired) electrons. The highest BCUT2D eigenvalue weighted by Gasteiger charge is 2.38. The first-order chi connectivity index (χ1) is 14.2. The zero-order valence-electron chi connectivity index (χ0n) is 16.6. The summed E-state index contributed by atoms with van der Waals surface area (Å²) in [6.45, 7) is 2.71. The average molecular weight is 395 g/mol. The molecule has 0 aromatic heterocycles. The molecule has 0 N–H and O–H groups in total. The van der Waals surface area contributed by atoms with Crippen LogP contribution in [-0.2, 0) is 11.3 Å². The predicted molar refractivity (Wildman–Crippen MR) is 110 cm³/mol. The van der Waals surface area contributed by atoms with Crippen molar-refractivity contribution in [1.82, 2.24) is 4.90 Å². The van der Waals surface area contributed by atoms with Gasteiger partial charge in [0, 0.05) is 11.6 Å². The standard InChI is InChI=1S/C24H26FNO3/c1-2-28-23-12-11-19(25)15-22(23)18-13-20-9-6-10-21(14-18)26(20)24(27)29-16-17-7-4-3-5-8-17/h3-5,7-8,11-13,15,20-21H,2,6,9-10,14,16H2,1H3. The van der Waals surface area contributed by atoms with Crippen LogP contribution >= 0.6 is 0 Å². The Bertz CT molecular complexity index is 896. The average Bonchev–Trinajstić information content (AvgIpc) is 2.73. The van der Waals surface area contributed by atoms with E-state index in [0.717, 1.165) is 36.0 Å². The Balaban J connectivity index is 1.54. The maximum absolute atomic E-state index is 13.9. The first-order valence-electron chi connectivity index (χ1n) is 10.3. The van der Waals surface area contributed by atoms with Crippen molar-refractivity contribution in [1.29, 1.82) is 0 Å². The number of carbonyl (C=O) groups is 1. The second-order valence-corrected chi connectivity index (χ2v) is 7.57. The smallest absolute Gasteiger partial charge is 0.410 e. The van der Waals surface area contributed by atoms with E-state index in [9.17, 15) is 9.18 Å². The summed E-state index contributed by atoms with van der Waals surface area (Å²) in [5.41, 5.74) is 2.82. The molecule has 0 aliphatic carbocycles. The van der Waals surface area contributed by atoms with Crippen molar-refractivity contribution >= 4 is 11.7 Å².